The van der Waals surface area contributed by atoms with Gasteiger partial charge < -0.3 is 29.7 Å². The van der Waals surface area contributed by atoms with Crippen molar-refractivity contribution >= 4 is 28.9 Å². The van der Waals surface area contributed by atoms with E-state index in [4.69, 9.17) is 14.2 Å². The van der Waals surface area contributed by atoms with Gasteiger partial charge in [-0.3, -0.25) is 14.5 Å². The Balaban J connectivity index is 1.24. The Labute approximate surface area is 241 Å². The van der Waals surface area contributed by atoms with Crippen molar-refractivity contribution in [1.82, 2.24) is 4.90 Å². The Morgan fingerprint density at radius 2 is 1.61 bits per heavy atom. The van der Waals surface area contributed by atoms with Crippen molar-refractivity contribution in [3.63, 3.8) is 0 Å². The average molecular weight is 559 g/mol. The summed E-state index contributed by atoms with van der Waals surface area (Å²) in [6.07, 6.45) is 2.46. The number of anilines is 3. The van der Waals surface area contributed by atoms with Crippen molar-refractivity contribution in [3.8, 4) is 11.5 Å². The molecule has 2 fully saturated rings. The number of nitrogens with zero attached hydrogens (tertiary/aromatic N) is 2. The molecule has 9 heteroatoms. The number of amides is 2. The normalized spacial score (nSPS) is 15.4. The van der Waals surface area contributed by atoms with Gasteiger partial charge in [0.05, 0.1) is 20.3 Å². The Kier molecular flexibility index (Phi) is 9.38. The van der Waals surface area contributed by atoms with Gasteiger partial charge in [-0.15, -0.1) is 0 Å². The molecular weight excluding hydrogens is 520 g/mol. The summed E-state index contributed by atoms with van der Waals surface area (Å²) in [7, 11) is 1.59. The molecule has 0 aliphatic carbocycles. The van der Waals surface area contributed by atoms with Crippen LogP contribution in [0.3, 0.4) is 0 Å². The van der Waals surface area contributed by atoms with Gasteiger partial charge in [0.15, 0.2) is 11.5 Å². The number of ether oxygens (including phenoxy) is 3. The van der Waals surface area contributed by atoms with E-state index in [1.807, 2.05) is 37.3 Å². The smallest absolute Gasteiger partial charge is 0.255 e. The summed E-state index contributed by atoms with van der Waals surface area (Å²) in [5.74, 6) is 0.631. The molecule has 0 bridgehead atoms. The second kappa shape index (κ2) is 13.5. The van der Waals surface area contributed by atoms with Crippen LogP contribution in [0.15, 0.2) is 60.7 Å². The highest BCUT2D eigenvalue weighted by Gasteiger charge is 2.17. The largest absolute Gasteiger partial charge is 0.493 e. The minimum Gasteiger partial charge on any atom is -0.493 e. The molecule has 216 valence electrons. The molecule has 0 radical (unpaired) electrons. The number of rotatable bonds is 10. The van der Waals surface area contributed by atoms with E-state index in [0.29, 0.717) is 53.8 Å². The van der Waals surface area contributed by atoms with E-state index in [-0.39, 0.29) is 11.8 Å². The van der Waals surface area contributed by atoms with Gasteiger partial charge in [0, 0.05) is 47.8 Å². The van der Waals surface area contributed by atoms with Crippen molar-refractivity contribution in [3.05, 3.63) is 77.4 Å². The lowest BCUT2D eigenvalue weighted by Crippen LogP contribution is -2.36. The molecule has 41 heavy (non-hydrogen) atoms. The van der Waals surface area contributed by atoms with Crippen LogP contribution < -0.4 is 25.0 Å². The molecule has 5 rings (SSSR count). The lowest BCUT2D eigenvalue weighted by Gasteiger charge is -2.29. The van der Waals surface area contributed by atoms with E-state index in [9.17, 15) is 9.59 Å². The van der Waals surface area contributed by atoms with E-state index >= 15 is 0 Å². The zero-order chi connectivity index (χ0) is 28.6. The molecular formula is C32H38N4O5. The number of carbonyl (C=O) groups is 2. The summed E-state index contributed by atoms with van der Waals surface area (Å²) < 4.78 is 16.9. The molecule has 2 N–H and O–H groups in total. The number of hydrogen-bond donors (Lipinski definition) is 2. The molecule has 0 aromatic heterocycles. The third-order valence-corrected chi connectivity index (χ3v) is 7.52. The summed E-state index contributed by atoms with van der Waals surface area (Å²) in [6, 6.07) is 18.2. The Morgan fingerprint density at radius 1 is 0.854 bits per heavy atom. The fourth-order valence-electron chi connectivity index (χ4n) is 5.12. The van der Waals surface area contributed by atoms with Gasteiger partial charge in [-0.25, -0.2) is 0 Å². The molecule has 0 unspecified atom stereocenters. The lowest BCUT2D eigenvalue weighted by atomic mass is 10.1. The van der Waals surface area contributed by atoms with E-state index < -0.39 is 0 Å². The Morgan fingerprint density at radius 3 is 2.39 bits per heavy atom. The first-order chi connectivity index (χ1) is 20.0. The summed E-state index contributed by atoms with van der Waals surface area (Å²) in [5, 5.41) is 5.95. The molecule has 3 aromatic carbocycles. The van der Waals surface area contributed by atoms with Crippen LogP contribution in [0.4, 0.5) is 17.1 Å². The highest BCUT2D eigenvalue weighted by Crippen LogP contribution is 2.29. The van der Waals surface area contributed by atoms with Gasteiger partial charge in [-0.1, -0.05) is 12.1 Å². The predicted octanol–water partition coefficient (Wildman–Crippen LogP) is 4.82. The van der Waals surface area contributed by atoms with Crippen molar-refractivity contribution in [2.45, 2.75) is 19.8 Å². The minimum absolute atomic E-state index is 0.216. The molecule has 9 nitrogen and oxygen atoms in total. The third-order valence-electron chi connectivity index (χ3n) is 7.52. The van der Waals surface area contributed by atoms with E-state index in [1.165, 1.54) is 12.8 Å². The number of aryl methyl sites for hydroxylation is 1. The first-order valence-corrected chi connectivity index (χ1v) is 14.2. The average Bonchev–Trinajstić information content (AvgIpc) is 3.53. The van der Waals surface area contributed by atoms with Crippen molar-refractivity contribution in [2.75, 3.05) is 75.2 Å². The van der Waals surface area contributed by atoms with Gasteiger partial charge >= 0.3 is 0 Å². The number of benzene rings is 3. The number of hydrogen-bond acceptors (Lipinski definition) is 7. The van der Waals surface area contributed by atoms with Crippen LogP contribution in [0, 0.1) is 6.92 Å². The summed E-state index contributed by atoms with van der Waals surface area (Å²) >= 11 is 0. The van der Waals surface area contributed by atoms with Crippen LogP contribution in [-0.4, -0.2) is 76.4 Å². The molecule has 2 heterocycles. The van der Waals surface area contributed by atoms with Crippen LogP contribution in [-0.2, 0) is 4.74 Å². The second-order valence-corrected chi connectivity index (χ2v) is 10.4. The molecule has 2 saturated heterocycles. The van der Waals surface area contributed by atoms with Crippen LogP contribution in [0.1, 0.15) is 39.1 Å². The molecule has 0 spiro atoms. The van der Waals surface area contributed by atoms with E-state index in [2.05, 4.69) is 20.4 Å². The maximum absolute atomic E-state index is 13.2. The van der Waals surface area contributed by atoms with Crippen molar-refractivity contribution < 1.29 is 23.8 Å². The molecule has 2 aliphatic heterocycles. The van der Waals surface area contributed by atoms with Gasteiger partial charge in [0.25, 0.3) is 11.8 Å². The van der Waals surface area contributed by atoms with Gasteiger partial charge in [-0.05, 0) is 86.9 Å². The lowest BCUT2D eigenvalue weighted by molar-refractivity contribution is 0.101. The number of morpholine rings is 1. The second-order valence-electron chi connectivity index (χ2n) is 10.4. The first-order valence-electron chi connectivity index (χ1n) is 14.2. The van der Waals surface area contributed by atoms with Crippen molar-refractivity contribution in [1.29, 1.82) is 0 Å². The zero-order valence-electron chi connectivity index (χ0n) is 23.8. The summed E-state index contributed by atoms with van der Waals surface area (Å²) in [6.45, 7) is 8.43. The zero-order valence-corrected chi connectivity index (χ0v) is 23.8. The maximum Gasteiger partial charge on any atom is 0.255 e. The monoisotopic (exact) mass is 558 g/mol. The van der Waals surface area contributed by atoms with Crippen LogP contribution >= 0.6 is 0 Å². The quantitative estimate of drug-likeness (QED) is 0.369. The predicted molar refractivity (Wildman–Crippen MR) is 161 cm³/mol. The molecule has 3 aromatic rings. The Bertz CT molecular complexity index is 1370. The molecule has 0 atom stereocenters. The van der Waals surface area contributed by atoms with Gasteiger partial charge in [0.2, 0.25) is 0 Å². The maximum atomic E-state index is 13.2. The van der Waals surface area contributed by atoms with Gasteiger partial charge in [0.1, 0.15) is 6.61 Å². The number of likely N-dealkylation sites (tertiary alicyclic amines) is 1. The standard InChI is InChI=1S/C32H38N4O5/c1-23-8-10-26(33-31(37)24-6-5-7-27(20-24)36-15-17-40-18-16-36)22-28(23)34-32(38)25-9-11-29(39-2)30(21-25)41-19-14-35-12-3-4-13-35/h5-11,20-22H,3-4,12-19H2,1-2H3,(H,33,37)(H,34,38). The highest BCUT2D eigenvalue weighted by atomic mass is 16.5. The fraction of sp³-hybridized carbons (Fsp3) is 0.375. The van der Waals surface area contributed by atoms with Gasteiger partial charge in [-0.2, -0.15) is 0 Å². The Hall–Kier alpha value is -4.08. The number of nitrogens with one attached hydrogen (secondary N) is 2. The fourth-order valence-corrected chi connectivity index (χ4v) is 5.12. The molecule has 2 amide bonds. The first kappa shape index (κ1) is 28.4. The minimum atomic E-state index is -0.276. The van der Waals surface area contributed by atoms with Crippen LogP contribution in [0.5, 0.6) is 11.5 Å². The van der Waals surface area contributed by atoms with E-state index in [0.717, 1.165) is 44.0 Å². The molecule has 0 saturated carbocycles. The summed E-state index contributed by atoms with van der Waals surface area (Å²) in [4.78, 5) is 30.9. The van der Waals surface area contributed by atoms with E-state index in [1.54, 1.807) is 37.4 Å². The number of methoxy groups -OCH3 is 1. The van der Waals surface area contributed by atoms with Crippen LogP contribution in [0.25, 0.3) is 0 Å². The third kappa shape index (κ3) is 7.36. The number of carbonyl (C=O) groups excluding carboxylic acids is 2. The highest BCUT2D eigenvalue weighted by molar-refractivity contribution is 6.07. The SMILES string of the molecule is COc1ccc(C(=O)Nc2cc(NC(=O)c3cccc(N4CCOCC4)c3)ccc2C)cc1OCCN1CCCC1. The molecule has 2 aliphatic rings. The van der Waals surface area contributed by atoms with Crippen molar-refractivity contribution in [2.24, 2.45) is 0 Å². The topological polar surface area (TPSA) is 92.4 Å². The van der Waals surface area contributed by atoms with Crippen LogP contribution in [0.2, 0.25) is 0 Å². The summed E-state index contributed by atoms with van der Waals surface area (Å²) in [5.41, 5.74) is 4.10.